The predicted octanol–water partition coefficient (Wildman–Crippen LogP) is 2.92. The zero-order valence-corrected chi connectivity index (χ0v) is 12.4. The molecule has 1 aromatic carbocycles. The van der Waals surface area contributed by atoms with Crippen molar-refractivity contribution in [1.82, 2.24) is 0 Å². The summed E-state index contributed by atoms with van der Waals surface area (Å²) in [5.41, 5.74) is 8.73. The molecule has 0 aliphatic carbocycles. The van der Waals surface area contributed by atoms with Gasteiger partial charge in [0.05, 0.1) is 12.5 Å². The number of hydrogen-bond donors (Lipinski definition) is 1. The van der Waals surface area contributed by atoms with Crippen molar-refractivity contribution in [2.24, 2.45) is 11.1 Å². The molecule has 0 saturated carbocycles. The van der Waals surface area contributed by atoms with Crippen LogP contribution in [0.4, 0.5) is 0 Å². The van der Waals surface area contributed by atoms with Gasteiger partial charge in [-0.1, -0.05) is 23.8 Å². The predicted molar refractivity (Wildman–Crippen MR) is 75.9 cm³/mol. The first-order valence-electron chi connectivity index (χ1n) is 5.72. The van der Waals surface area contributed by atoms with Gasteiger partial charge in [0.15, 0.2) is 0 Å². The standard InChI is InChI=1S/C14H21NO2.ClH/c1-9-6-7-10(2)11(8-9)12(15)14(3,4)13(16)17-5;/h6-8,12H,15H2,1-5H3;1H/t12-;/m1./s1. The second-order valence-corrected chi connectivity index (χ2v) is 5.05. The van der Waals surface area contributed by atoms with E-state index in [0.29, 0.717) is 0 Å². The summed E-state index contributed by atoms with van der Waals surface area (Å²) in [6.45, 7) is 7.64. The van der Waals surface area contributed by atoms with Gasteiger partial charge in [-0.25, -0.2) is 0 Å². The molecule has 0 heterocycles. The van der Waals surface area contributed by atoms with Crippen LogP contribution in [0, 0.1) is 19.3 Å². The number of carbonyl (C=O) groups excluding carboxylic acids is 1. The number of halogens is 1. The van der Waals surface area contributed by atoms with Crippen LogP contribution in [0.1, 0.15) is 36.6 Å². The van der Waals surface area contributed by atoms with Gasteiger partial charge in [-0.2, -0.15) is 0 Å². The third-order valence-corrected chi connectivity index (χ3v) is 3.26. The number of carbonyl (C=O) groups is 1. The average Bonchev–Trinajstić information content (AvgIpc) is 2.30. The van der Waals surface area contributed by atoms with E-state index >= 15 is 0 Å². The summed E-state index contributed by atoms with van der Waals surface area (Å²) in [4.78, 5) is 11.7. The summed E-state index contributed by atoms with van der Waals surface area (Å²) in [6.07, 6.45) is 0. The van der Waals surface area contributed by atoms with Crippen molar-refractivity contribution in [3.05, 3.63) is 34.9 Å². The molecule has 0 aliphatic rings. The molecule has 0 amide bonds. The topological polar surface area (TPSA) is 52.3 Å². The maximum atomic E-state index is 11.7. The first kappa shape index (κ1) is 16.9. The van der Waals surface area contributed by atoms with Crippen LogP contribution in [-0.2, 0) is 9.53 Å². The van der Waals surface area contributed by atoms with Gasteiger partial charge >= 0.3 is 5.97 Å². The Hall–Kier alpha value is -1.06. The van der Waals surface area contributed by atoms with Crippen LogP contribution >= 0.6 is 12.4 Å². The van der Waals surface area contributed by atoms with Crippen LogP contribution < -0.4 is 5.73 Å². The maximum Gasteiger partial charge on any atom is 0.313 e. The van der Waals surface area contributed by atoms with E-state index in [1.165, 1.54) is 7.11 Å². The summed E-state index contributed by atoms with van der Waals surface area (Å²) in [5.74, 6) is -0.286. The third kappa shape index (κ3) is 3.24. The molecule has 0 fully saturated rings. The molecule has 2 N–H and O–H groups in total. The molecule has 0 aliphatic heterocycles. The Morgan fingerprint density at radius 1 is 1.33 bits per heavy atom. The molecule has 1 aromatic rings. The molecule has 18 heavy (non-hydrogen) atoms. The third-order valence-electron chi connectivity index (χ3n) is 3.26. The molecule has 0 unspecified atom stereocenters. The lowest BCUT2D eigenvalue weighted by Gasteiger charge is -2.30. The highest BCUT2D eigenvalue weighted by atomic mass is 35.5. The van der Waals surface area contributed by atoms with Gasteiger partial charge in [-0.05, 0) is 38.8 Å². The number of methoxy groups -OCH3 is 1. The Balaban J connectivity index is 0.00000289. The molecule has 0 radical (unpaired) electrons. The number of ether oxygens (including phenoxy) is 1. The summed E-state index contributed by atoms with van der Waals surface area (Å²) in [5, 5.41) is 0. The molecule has 4 heteroatoms. The van der Waals surface area contributed by atoms with E-state index in [1.807, 2.05) is 45.9 Å². The highest BCUT2D eigenvalue weighted by Crippen LogP contribution is 2.34. The maximum absolute atomic E-state index is 11.7. The molecule has 0 spiro atoms. The fourth-order valence-electron chi connectivity index (χ4n) is 1.87. The van der Waals surface area contributed by atoms with Crippen molar-refractivity contribution in [3.63, 3.8) is 0 Å². The summed E-state index contributed by atoms with van der Waals surface area (Å²) in [7, 11) is 1.39. The van der Waals surface area contributed by atoms with E-state index in [0.717, 1.165) is 16.7 Å². The Morgan fingerprint density at radius 3 is 2.39 bits per heavy atom. The van der Waals surface area contributed by atoms with Gasteiger partial charge in [-0.15, -0.1) is 12.4 Å². The van der Waals surface area contributed by atoms with Crippen molar-refractivity contribution in [1.29, 1.82) is 0 Å². The minimum Gasteiger partial charge on any atom is -0.469 e. The molecule has 3 nitrogen and oxygen atoms in total. The lowest BCUT2D eigenvalue weighted by atomic mass is 9.79. The number of hydrogen-bond acceptors (Lipinski definition) is 3. The first-order chi connectivity index (χ1) is 7.80. The van der Waals surface area contributed by atoms with E-state index in [4.69, 9.17) is 10.5 Å². The van der Waals surface area contributed by atoms with Gasteiger partial charge in [0.2, 0.25) is 0 Å². The fraction of sp³-hybridized carbons (Fsp3) is 0.500. The van der Waals surface area contributed by atoms with Crippen LogP contribution in [0.5, 0.6) is 0 Å². The molecular formula is C14H22ClNO2. The van der Waals surface area contributed by atoms with Crippen molar-refractivity contribution in [2.75, 3.05) is 7.11 Å². The lowest BCUT2D eigenvalue weighted by Crippen LogP contribution is -2.37. The van der Waals surface area contributed by atoms with Crippen molar-refractivity contribution in [3.8, 4) is 0 Å². The zero-order valence-electron chi connectivity index (χ0n) is 11.6. The number of esters is 1. The van der Waals surface area contributed by atoms with Gasteiger partial charge in [-0.3, -0.25) is 4.79 Å². The Kier molecular flexibility index (Phi) is 5.84. The Labute approximate surface area is 115 Å². The first-order valence-corrected chi connectivity index (χ1v) is 5.72. The van der Waals surface area contributed by atoms with Crippen LogP contribution in [0.25, 0.3) is 0 Å². The SMILES string of the molecule is COC(=O)C(C)(C)[C@H](N)c1cc(C)ccc1C.Cl. The van der Waals surface area contributed by atoms with Gasteiger partial charge in [0.25, 0.3) is 0 Å². The molecular weight excluding hydrogens is 250 g/mol. The highest BCUT2D eigenvalue weighted by Gasteiger charge is 2.37. The normalized spacial score (nSPS) is 12.6. The van der Waals surface area contributed by atoms with Crippen LogP contribution in [0.2, 0.25) is 0 Å². The Morgan fingerprint density at radius 2 is 1.89 bits per heavy atom. The minimum absolute atomic E-state index is 0. The van der Waals surface area contributed by atoms with E-state index in [2.05, 4.69) is 0 Å². The van der Waals surface area contributed by atoms with Gasteiger partial charge in [0, 0.05) is 6.04 Å². The van der Waals surface area contributed by atoms with Crippen molar-refractivity contribution >= 4 is 18.4 Å². The van der Waals surface area contributed by atoms with Crippen LogP contribution in [-0.4, -0.2) is 13.1 Å². The number of benzene rings is 1. The van der Waals surface area contributed by atoms with E-state index in [9.17, 15) is 4.79 Å². The van der Waals surface area contributed by atoms with Gasteiger partial charge in [0.1, 0.15) is 0 Å². The quantitative estimate of drug-likeness (QED) is 0.860. The van der Waals surface area contributed by atoms with Crippen LogP contribution in [0.15, 0.2) is 18.2 Å². The van der Waals surface area contributed by atoms with Crippen LogP contribution in [0.3, 0.4) is 0 Å². The second kappa shape index (κ2) is 6.21. The summed E-state index contributed by atoms with van der Waals surface area (Å²) < 4.78 is 4.81. The summed E-state index contributed by atoms with van der Waals surface area (Å²) >= 11 is 0. The van der Waals surface area contributed by atoms with E-state index < -0.39 is 5.41 Å². The average molecular weight is 272 g/mol. The van der Waals surface area contributed by atoms with E-state index in [1.54, 1.807) is 0 Å². The molecule has 102 valence electrons. The molecule has 0 bridgehead atoms. The second-order valence-electron chi connectivity index (χ2n) is 5.05. The van der Waals surface area contributed by atoms with E-state index in [-0.39, 0.29) is 24.4 Å². The highest BCUT2D eigenvalue weighted by molar-refractivity contribution is 5.85. The lowest BCUT2D eigenvalue weighted by molar-refractivity contribution is -0.152. The minimum atomic E-state index is -0.729. The largest absolute Gasteiger partial charge is 0.469 e. The fourth-order valence-corrected chi connectivity index (χ4v) is 1.87. The van der Waals surface area contributed by atoms with Crippen molar-refractivity contribution < 1.29 is 9.53 Å². The molecule has 1 atom stereocenters. The number of rotatable bonds is 3. The smallest absolute Gasteiger partial charge is 0.313 e. The molecule has 1 rings (SSSR count). The monoisotopic (exact) mass is 271 g/mol. The molecule has 0 aromatic heterocycles. The number of aryl methyl sites for hydroxylation is 2. The Bertz CT molecular complexity index is 430. The summed E-state index contributed by atoms with van der Waals surface area (Å²) in [6, 6.07) is 5.73. The molecule has 0 saturated heterocycles. The number of nitrogens with two attached hydrogens (primary N) is 1. The van der Waals surface area contributed by atoms with Gasteiger partial charge < -0.3 is 10.5 Å². The van der Waals surface area contributed by atoms with Crippen molar-refractivity contribution in [2.45, 2.75) is 33.7 Å². The zero-order chi connectivity index (χ0) is 13.2.